The van der Waals surface area contributed by atoms with Crippen molar-refractivity contribution in [1.82, 2.24) is 19.7 Å². The van der Waals surface area contributed by atoms with E-state index in [0.717, 1.165) is 16.2 Å². The molecule has 27 heavy (non-hydrogen) atoms. The summed E-state index contributed by atoms with van der Waals surface area (Å²) in [5.41, 5.74) is 1.88. The van der Waals surface area contributed by atoms with Gasteiger partial charge in [0.2, 0.25) is 0 Å². The fourth-order valence-electron chi connectivity index (χ4n) is 2.62. The standard InChI is InChI=1S/C18H23F3N4O2/c1-12(2)14-7-5-6-8-15(14)25-13(3)22-16(23-25)17(26)27-10-9-24(4)11-18(19,20)21/h5-8,12H,9-11H2,1-4H3. The van der Waals surface area contributed by atoms with E-state index in [1.807, 2.05) is 24.3 Å². The summed E-state index contributed by atoms with van der Waals surface area (Å²) < 4.78 is 43.4. The van der Waals surface area contributed by atoms with Crippen LogP contribution in [0.15, 0.2) is 24.3 Å². The van der Waals surface area contributed by atoms with Crippen LogP contribution in [0.3, 0.4) is 0 Å². The maximum Gasteiger partial charge on any atom is 0.401 e. The van der Waals surface area contributed by atoms with Crippen molar-refractivity contribution >= 4 is 5.97 Å². The molecule has 1 heterocycles. The highest BCUT2D eigenvalue weighted by atomic mass is 19.4. The van der Waals surface area contributed by atoms with Crippen LogP contribution in [0.5, 0.6) is 0 Å². The molecule has 0 aliphatic rings. The van der Waals surface area contributed by atoms with Gasteiger partial charge in [0.1, 0.15) is 12.4 Å². The minimum absolute atomic E-state index is 0.0406. The minimum Gasteiger partial charge on any atom is -0.458 e. The number of aryl methyl sites for hydroxylation is 1. The molecule has 0 saturated heterocycles. The van der Waals surface area contributed by atoms with Gasteiger partial charge < -0.3 is 4.74 Å². The number of hydrogen-bond acceptors (Lipinski definition) is 5. The molecule has 6 nitrogen and oxygen atoms in total. The summed E-state index contributed by atoms with van der Waals surface area (Å²) in [5, 5.41) is 4.22. The summed E-state index contributed by atoms with van der Waals surface area (Å²) in [6.45, 7) is 4.54. The number of benzene rings is 1. The predicted molar refractivity (Wildman–Crippen MR) is 94.0 cm³/mol. The summed E-state index contributed by atoms with van der Waals surface area (Å²) >= 11 is 0. The summed E-state index contributed by atoms with van der Waals surface area (Å²) in [6, 6.07) is 7.67. The highest BCUT2D eigenvalue weighted by molar-refractivity contribution is 5.85. The zero-order valence-electron chi connectivity index (χ0n) is 15.7. The van der Waals surface area contributed by atoms with E-state index in [9.17, 15) is 18.0 Å². The summed E-state index contributed by atoms with van der Waals surface area (Å²) in [7, 11) is 1.31. The third kappa shape index (κ3) is 5.78. The topological polar surface area (TPSA) is 60.2 Å². The zero-order valence-corrected chi connectivity index (χ0v) is 15.7. The molecule has 148 valence electrons. The smallest absolute Gasteiger partial charge is 0.401 e. The number of hydrogen-bond donors (Lipinski definition) is 0. The lowest BCUT2D eigenvalue weighted by Gasteiger charge is -2.17. The molecule has 0 unspecified atom stereocenters. The molecule has 9 heteroatoms. The van der Waals surface area contributed by atoms with E-state index in [1.54, 1.807) is 11.6 Å². The van der Waals surface area contributed by atoms with Crippen molar-refractivity contribution in [3.05, 3.63) is 41.5 Å². The number of rotatable bonds is 7. The monoisotopic (exact) mass is 384 g/mol. The summed E-state index contributed by atoms with van der Waals surface area (Å²) in [6.07, 6.45) is -4.29. The molecule has 2 rings (SSSR count). The van der Waals surface area contributed by atoms with Crippen LogP contribution in [-0.4, -0.2) is 58.6 Å². The van der Waals surface area contributed by atoms with Gasteiger partial charge in [0.05, 0.1) is 12.2 Å². The van der Waals surface area contributed by atoms with Gasteiger partial charge in [-0.3, -0.25) is 4.90 Å². The molecule has 0 spiro atoms. The van der Waals surface area contributed by atoms with Gasteiger partial charge in [-0.25, -0.2) is 14.5 Å². The van der Waals surface area contributed by atoms with Gasteiger partial charge in [-0.15, -0.1) is 5.10 Å². The number of para-hydroxylation sites is 1. The van der Waals surface area contributed by atoms with Crippen molar-refractivity contribution in [1.29, 1.82) is 0 Å². The molecule has 0 N–H and O–H groups in total. The van der Waals surface area contributed by atoms with Crippen LogP contribution in [0.25, 0.3) is 5.69 Å². The second-order valence-electron chi connectivity index (χ2n) is 6.60. The van der Waals surface area contributed by atoms with Crippen molar-refractivity contribution in [2.24, 2.45) is 0 Å². The van der Waals surface area contributed by atoms with Crippen molar-refractivity contribution in [2.45, 2.75) is 32.9 Å². The van der Waals surface area contributed by atoms with Gasteiger partial charge >= 0.3 is 12.1 Å². The normalized spacial score (nSPS) is 12.0. The average molecular weight is 384 g/mol. The van der Waals surface area contributed by atoms with Crippen LogP contribution in [0.1, 0.15) is 41.8 Å². The molecule has 0 bridgehead atoms. The largest absolute Gasteiger partial charge is 0.458 e. The number of ether oxygens (including phenoxy) is 1. The fourth-order valence-corrected chi connectivity index (χ4v) is 2.62. The molecule has 0 aliphatic carbocycles. The van der Waals surface area contributed by atoms with E-state index in [4.69, 9.17) is 4.74 Å². The van der Waals surface area contributed by atoms with Gasteiger partial charge in [-0.2, -0.15) is 13.2 Å². The van der Waals surface area contributed by atoms with Crippen LogP contribution in [0, 0.1) is 6.92 Å². The molecule has 0 fully saturated rings. The van der Waals surface area contributed by atoms with Crippen LogP contribution < -0.4 is 0 Å². The Balaban J connectivity index is 2.05. The Hall–Kier alpha value is -2.42. The molecule has 0 radical (unpaired) electrons. The molecule has 1 aromatic heterocycles. The van der Waals surface area contributed by atoms with E-state index in [0.29, 0.717) is 5.82 Å². The lowest BCUT2D eigenvalue weighted by atomic mass is 10.0. The SMILES string of the molecule is Cc1nc(C(=O)OCCN(C)CC(F)(F)F)nn1-c1ccccc1C(C)C. The second kappa shape index (κ2) is 8.51. The van der Waals surface area contributed by atoms with Gasteiger partial charge in [-0.05, 0) is 31.5 Å². The Kier molecular flexibility index (Phi) is 6.59. The highest BCUT2D eigenvalue weighted by Crippen LogP contribution is 2.23. The number of nitrogens with zero attached hydrogens (tertiary/aromatic N) is 4. The Morgan fingerprint density at radius 3 is 2.59 bits per heavy atom. The Bertz CT molecular complexity index is 787. The average Bonchev–Trinajstić information content (AvgIpc) is 2.94. The number of likely N-dealkylation sites (N-methyl/N-ethyl adjacent to an activating group) is 1. The molecular weight excluding hydrogens is 361 g/mol. The number of carbonyl (C=O) groups excluding carboxylic acids is 1. The van der Waals surface area contributed by atoms with Crippen molar-refractivity contribution in [3.8, 4) is 5.69 Å². The molecule has 0 amide bonds. The maximum absolute atomic E-state index is 12.3. The number of halogens is 3. The minimum atomic E-state index is -4.29. The van der Waals surface area contributed by atoms with Gasteiger partial charge in [0, 0.05) is 6.54 Å². The third-order valence-corrected chi connectivity index (χ3v) is 3.89. The van der Waals surface area contributed by atoms with Crippen LogP contribution in [0.4, 0.5) is 13.2 Å². The van der Waals surface area contributed by atoms with Crippen LogP contribution in [0.2, 0.25) is 0 Å². The Morgan fingerprint density at radius 2 is 1.96 bits per heavy atom. The van der Waals surface area contributed by atoms with Crippen molar-refractivity contribution in [2.75, 3.05) is 26.7 Å². The van der Waals surface area contributed by atoms with E-state index in [-0.39, 0.29) is 24.9 Å². The van der Waals surface area contributed by atoms with Gasteiger partial charge in [0.15, 0.2) is 0 Å². The van der Waals surface area contributed by atoms with E-state index in [2.05, 4.69) is 23.9 Å². The Labute approximate surface area is 155 Å². The van der Waals surface area contributed by atoms with Gasteiger partial charge in [0.25, 0.3) is 5.82 Å². The quantitative estimate of drug-likeness (QED) is 0.685. The number of esters is 1. The van der Waals surface area contributed by atoms with Crippen molar-refractivity contribution in [3.63, 3.8) is 0 Å². The molecule has 0 atom stereocenters. The highest BCUT2D eigenvalue weighted by Gasteiger charge is 2.29. The molecule has 0 aliphatic heterocycles. The number of carbonyl (C=O) groups is 1. The number of alkyl halides is 3. The van der Waals surface area contributed by atoms with E-state index in [1.165, 1.54) is 7.05 Å². The van der Waals surface area contributed by atoms with E-state index < -0.39 is 18.7 Å². The first-order valence-electron chi connectivity index (χ1n) is 8.54. The predicted octanol–water partition coefficient (Wildman–Crippen LogP) is 3.35. The lowest BCUT2D eigenvalue weighted by Crippen LogP contribution is -2.33. The van der Waals surface area contributed by atoms with Crippen LogP contribution >= 0.6 is 0 Å². The second-order valence-corrected chi connectivity index (χ2v) is 6.60. The Morgan fingerprint density at radius 1 is 1.30 bits per heavy atom. The van der Waals surface area contributed by atoms with Crippen LogP contribution in [-0.2, 0) is 4.74 Å². The lowest BCUT2D eigenvalue weighted by molar-refractivity contribution is -0.143. The fraction of sp³-hybridized carbons (Fsp3) is 0.500. The maximum atomic E-state index is 12.3. The first-order chi connectivity index (χ1) is 12.6. The third-order valence-electron chi connectivity index (χ3n) is 3.89. The zero-order chi connectivity index (χ0) is 20.2. The molecule has 2 aromatic rings. The molecule has 0 saturated carbocycles. The van der Waals surface area contributed by atoms with Gasteiger partial charge in [-0.1, -0.05) is 32.0 Å². The first kappa shape index (κ1) is 20.9. The summed E-state index contributed by atoms with van der Waals surface area (Å²) in [5.74, 6) is -0.113. The first-order valence-corrected chi connectivity index (χ1v) is 8.54. The number of aromatic nitrogens is 3. The molecular formula is C18H23F3N4O2. The van der Waals surface area contributed by atoms with Crippen molar-refractivity contribution < 1.29 is 22.7 Å². The van der Waals surface area contributed by atoms with E-state index >= 15 is 0 Å². The summed E-state index contributed by atoms with van der Waals surface area (Å²) in [4.78, 5) is 17.3. The molecule has 1 aromatic carbocycles.